The molecule has 0 atom stereocenters. The Bertz CT molecular complexity index is 1020. The van der Waals surface area contributed by atoms with Gasteiger partial charge >= 0.3 is 0 Å². The van der Waals surface area contributed by atoms with Crippen LogP contribution in [0.4, 0.5) is 5.69 Å². The number of pyridine rings is 1. The van der Waals surface area contributed by atoms with Gasteiger partial charge in [0.2, 0.25) is 0 Å². The van der Waals surface area contributed by atoms with Gasteiger partial charge in [-0.3, -0.25) is 9.98 Å². The summed E-state index contributed by atoms with van der Waals surface area (Å²) in [7, 11) is 0. The van der Waals surface area contributed by atoms with Crippen molar-refractivity contribution in [1.29, 1.82) is 0 Å². The van der Waals surface area contributed by atoms with Crippen LogP contribution < -0.4 is 0 Å². The lowest BCUT2D eigenvalue weighted by Gasteiger charge is -2.04. The molecular formula is C21H16N2. The van der Waals surface area contributed by atoms with E-state index in [0.717, 1.165) is 17.1 Å². The Morgan fingerprint density at radius 1 is 0.739 bits per heavy atom. The first-order chi connectivity index (χ1) is 11.3. The van der Waals surface area contributed by atoms with Gasteiger partial charge in [0, 0.05) is 6.20 Å². The van der Waals surface area contributed by atoms with Crippen molar-refractivity contribution < 1.29 is 0 Å². The van der Waals surface area contributed by atoms with Crippen LogP contribution >= 0.6 is 0 Å². The first-order valence-electron chi connectivity index (χ1n) is 7.69. The van der Waals surface area contributed by atoms with E-state index < -0.39 is 0 Å². The molecule has 0 amide bonds. The second-order valence-electron chi connectivity index (χ2n) is 5.64. The van der Waals surface area contributed by atoms with Gasteiger partial charge in [0.25, 0.3) is 0 Å². The zero-order valence-electron chi connectivity index (χ0n) is 12.9. The van der Waals surface area contributed by atoms with Crippen LogP contribution in [-0.4, -0.2) is 10.7 Å². The Morgan fingerprint density at radius 3 is 2.17 bits per heavy atom. The summed E-state index contributed by atoms with van der Waals surface area (Å²) in [6, 6.07) is 25.1. The van der Waals surface area contributed by atoms with Gasteiger partial charge in [-0.2, -0.15) is 0 Å². The molecule has 0 aliphatic heterocycles. The van der Waals surface area contributed by atoms with Crippen molar-refractivity contribution in [1.82, 2.24) is 4.98 Å². The van der Waals surface area contributed by atoms with Crippen molar-refractivity contribution in [2.45, 2.75) is 6.92 Å². The third-order valence-corrected chi connectivity index (χ3v) is 4.02. The highest BCUT2D eigenvalue weighted by molar-refractivity contribution is 6.01. The van der Waals surface area contributed by atoms with Gasteiger partial charge in [-0.15, -0.1) is 0 Å². The van der Waals surface area contributed by atoms with Crippen molar-refractivity contribution in [3.05, 3.63) is 84.7 Å². The van der Waals surface area contributed by atoms with Crippen LogP contribution in [0.15, 0.2) is 84.0 Å². The standard InChI is InChI=1S/C21H16N2/c1-15(21-8-4-5-11-22-21)23-20-10-9-18-12-16-6-2-3-7-17(16)13-19(18)14-20/h2-14H,1H3. The Morgan fingerprint density at radius 2 is 1.43 bits per heavy atom. The molecule has 0 aliphatic rings. The van der Waals surface area contributed by atoms with Crippen molar-refractivity contribution in [3.63, 3.8) is 0 Å². The van der Waals surface area contributed by atoms with Crippen molar-refractivity contribution in [2.75, 3.05) is 0 Å². The van der Waals surface area contributed by atoms with Crippen LogP contribution in [0.25, 0.3) is 21.5 Å². The average molecular weight is 296 g/mol. The molecule has 1 aromatic heterocycles. The second-order valence-corrected chi connectivity index (χ2v) is 5.64. The maximum Gasteiger partial charge on any atom is 0.0841 e. The number of nitrogens with zero attached hydrogens (tertiary/aromatic N) is 2. The SMILES string of the molecule is CC(=Nc1ccc2cc3ccccc3cc2c1)c1ccccn1. The monoisotopic (exact) mass is 296 g/mol. The third-order valence-electron chi connectivity index (χ3n) is 4.02. The summed E-state index contributed by atoms with van der Waals surface area (Å²) >= 11 is 0. The predicted molar refractivity (Wildman–Crippen MR) is 97.6 cm³/mol. The Balaban J connectivity index is 1.81. The largest absolute Gasteiger partial charge is 0.255 e. The van der Waals surface area contributed by atoms with Crippen molar-refractivity contribution in [3.8, 4) is 0 Å². The molecule has 0 radical (unpaired) electrons. The van der Waals surface area contributed by atoms with E-state index >= 15 is 0 Å². The van der Waals surface area contributed by atoms with Crippen LogP contribution in [0.3, 0.4) is 0 Å². The summed E-state index contributed by atoms with van der Waals surface area (Å²) in [5.74, 6) is 0. The van der Waals surface area contributed by atoms with E-state index in [1.54, 1.807) is 6.20 Å². The minimum absolute atomic E-state index is 0.908. The number of hydrogen-bond donors (Lipinski definition) is 0. The highest BCUT2D eigenvalue weighted by atomic mass is 14.8. The molecule has 23 heavy (non-hydrogen) atoms. The van der Waals surface area contributed by atoms with Crippen LogP contribution in [0.1, 0.15) is 12.6 Å². The topological polar surface area (TPSA) is 25.2 Å². The summed E-state index contributed by atoms with van der Waals surface area (Å²) in [5.41, 5.74) is 2.78. The maximum atomic E-state index is 4.71. The predicted octanol–water partition coefficient (Wildman–Crippen LogP) is 5.53. The number of aliphatic imine (C=N–C) groups is 1. The molecule has 0 fully saturated rings. The van der Waals surface area contributed by atoms with Gasteiger partial charge in [-0.25, -0.2) is 0 Å². The summed E-state index contributed by atoms with van der Waals surface area (Å²) in [5, 5.41) is 4.96. The molecule has 2 nitrogen and oxygen atoms in total. The summed E-state index contributed by atoms with van der Waals surface area (Å²) in [6.07, 6.45) is 1.79. The van der Waals surface area contributed by atoms with Crippen LogP contribution in [0.5, 0.6) is 0 Å². The van der Waals surface area contributed by atoms with Gasteiger partial charge in [-0.1, -0.05) is 36.4 Å². The Kier molecular flexibility index (Phi) is 3.35. The van der Waals surface area contributed by atoms with Crippen LogP contribution in [-0.2, 0) is 0 Å². The highest BCUT2D eigenvalue weighted by Gasteiger charge is 2.01. The van der Waals surface area contributed by atoms with Crippen molar-refractivity contribution >= 4 is 32.9 Å². The molecule has 4 aromatic rings. The lowest BCUT2D eigenvalue weighted by atomic mass is 10.0. The molecule has 0 saturated carbocycles. The first-order valence-corrected chi connectivity index (χ1v) is 7.69. The van der Waals surface area contributed by atoms with Crippen LogP contribution in [0, 0.1) is 0 Å². The minimum Gasteiger partial charge on any atom is -0.255 e. The smallest absolute Gasteiger partial charge is 0.0841 e. The minimum atomic E-state index is 0.908. The number of aromatic nitrogens is 1. The van der Waals surface area contributed by atoms with E-state index in [2.05, 4.69) is 59.6 Å². The lowest BCUT2D eigenvalue weighted by Crippen LogP contribution is -1.96. The molecule has 2 heteroatoms. The molecule has 1 heterocycles. The van der Waals surface area contributed by atoms with E-state index in [1.807, 2.05) is 25.1 Å². The lowest BCUT2D eigenvalue weighted by molar-refractivity contribution is 1.28. The van der Waals surface area contributed by atoms with E-state index in [1.165, 1.54) is 21.5 Å². The molecule has 0 bridgehead atoms. The summed E-state index contributed by atoms with van der Waals surface area (Å²) in [4.78, 5) is 9.06. The highest BCUT2D eigenvalue weighted by Crippen LogP contribution is 2.26. The fourth-order valence-electron chi connectivity index (χ4n) is 2.82. The van der Waals surface area contributed by atoms with E-state index in [0.29, 0.717) is 0 Å². The molecule has 0 unspecified atom stereocenters. The molecule has 4 rings (SSSR count). The van der Waals surface area contributed by atoms with Gasteiger partial charge in [0.1, 0.15) is 0 Å². The number of hydrogen-bond acceptors (Lipinski definition) is 2. The normalized spacial score (nSPS) is 12.0. The van der Waals surface area contributed by atoms with E-state index in [4.69, 9.17) is 4.99 Å². The molecular weight excluding hydrogens is 280 g/mol. The average Bonchev–Trinajstić information content (AvgIpc) is 2.60. The summed E-state index contributed by atoms with van der Waals surface area (Å²) < 4.78 is 0. The summed E-state index contributed by atoms with van der Waals surface area (Å²) in [6.45, 7) is 1.99. The van der Waals surface area contributed by atoms with Crippen molar-refractivity contribution in [2.24, 2.45) is 4.99 Å². The molecule has 0 spiro atoms. The molecule has 0 saturated heterocycles. The number of benzene rings is 3. The fraction of sp³-hybridized carbons (Fsp3) is 0.0476. The van der Waals surface area contributed by atoms with Gasteiger partial charge < -0.3 is 0 Å². The Hall–Kier alpha value is -3.00. The van der Waals surface area contributed by atoms with E-state index in [-0.39, 0.29) is 0 Å². The molecule has 110 valence electrons. The quantitative estimate of drug-likeness (QED) is 0.353. The third kappa shape index (κ3) is 2.71. The van der Waals surface area contributed by atoms with Gasteiger partial charge in [-0.05, 0) is 64.9 Å². The molecule has 3 aromatic carbocycles. The first kappa shape index (κ1) is 13.6. The van der Waals surface area contributed by atoms with Gasteiger partial charge in [0.05, 0.1) is 17.1 Å². The molecule has 0 aliphatic carbocycles. The van der Waals surface area contributed by atoms with Gasteiger partial charge in [0.15, 0.2) is 0 Å². The number of fused-ring (bicyclic) bond motifs is 2. The fourth-order valence-corrected chi connectivity index (χ4v) is 2.82. The Labute approximate surface area is 135 Å². The maximum absolute atomic E-state index is 4.71. The van der Waals surface area contributed by atoms with E-state index in [9.17, 15) is 0 Å². The second kappa shape index (κ2) is 5.65. The molecule has 0 N–H and O–H groups in total. The number of rotatable bonds is 2. The zero-order valence-corrected chi connectivity index (χ0v) is 12.9. The zero-order chi connectivity index (χ0) is 15.6. The van der Waals surface area contributed by atoms with Crippen LogP contribution in [0.2, 0.25) is 0 Å².